The van der Waals surface area contributed by atoms with Gasteiger partial charge in [0, 0.05) is 0 Å². The highest BCUT2D eigenvalue weighted by atomic mass is 14.3. The van der Waals surface area contributed by atoms with Crippen molar-refractivity contribution in [3.05, 3.63) is 132 Å². The first-order valence-electron chi connectivity index (χ1n) is 10.8. The lowest BCUT2D eigenvalue weighted by Gasteiger charge is -2.15. The van der Waals surface area contributed by atoms with Crippen molar-refractivity contribution < 1.29 is 0 Å². The molecule has 0 saturated carbocycles. The van der Waals surface area contributed by atoms with Crippen LogP contribution in [0.2, 0.25) is 0 Å². The van der Waals surface area contributed by atoms with Gasteiger partial charge in [-0.15, -0.1) is 0 Å². The first-order valence-corrected chi connectivity index (χ1v) is 10.8. The van der Waals surface area contributed by atoms with Gasteiger partial charge in [0.05, 0.1) is 0 Å². The quantitative estimate of drug-likeness (QED) is 0.283. The van der Waals surface area contributed by atoms with Crippen LogP contribution in [0.25, 0.3) is 44.5 Å². The number of hydrogen-bond acceptors (Lipinski definition) is 0. The summed E-state index contributed by atoms with van der Waals surface area (Å²) in [5.41, 5.74) is 13.4. The molecule has 0 spiro atoms. The highest BCUT2D eigenvalue weighted by molar-refractivity contribution is 5.96. The lowest BCUT2D eigenvalue weighted by atomic mass is 9.89. The zero-order valence-electron chi connectivity index (χ0n) is 17.3. The first kappa shape index (κ1) is 17.9. The Morgan fingerprint density at radius 1 is 0.387 bits per heavy atom. The Kier molecular flexibility index (Phi) is 4.28. The van der Waals surface area contributed by atoms with Gasteiger partial charge in [-0.1, -0.05) is 109 Å². The van der Waals surface area contributed by atoms with Crippen molar-refractivity contribution in [2.45, 2.75) is 6.42 Å². The molecule has 5 aromatic rings. The van der Waals surface area contributed by atoms with Crippen molar-refractivity contribution in [3.63, 3.8) is 0 Å². The van der Waals surface area contributed by atoms with Crippen molar-refractivity contribution in [2.75, 3.05) is 0 Å². The van der Waals surface area contributed by atoms with Crippen molar-refractivity contribution in [2.24, 2.45) is 0 Å². The van der Waals surface area contributed by atoms with E-state index in [1.165, 1.54) is 55.6 Å². The molecule has 1 aliphatic carbocycles. The second-order valence-electron chi connectivity index (χ2n) is 8.16. The fourth-order valence-corrected chi connectivity index (χ4v) is 4.87. The van der Waals surface area contributed by atoms with Crippen LogP contribution in [-0.2, 0) is 6.42 Å². The average Bonchev–Trinajstić information content (AvgIpc) is 3.24. The minimum atomic E-state index is 0.977. The third-order valence-corrected chi connectivity index (χ3v) is 6.31. The molecule has 6 rings (SSSR count). The fourth-order valence-electron chi connectivity index (χ4n) is 4.87. The zero-order valence-corrected chi connectivity index (χ0v) is 17.3. The van der Waals surface area contributed by atoms with Crippen LogP contribution < -0.4 is 0 Å². The third-order valence-electron chi connectivity index (χ3n) is 6.31. The first-order chi connectivity index (χ1) is 15.4. The summed E-state index contributed by atoms with van der Waals surface area (Å²) in [4.78, 5) is 0. The predicted octanol–water partition coefficient (Wildman–Crippen LogP) is 8.26. The zero-order chi connectivity index (χ0) is 20.6. The van der Waals surface area contributed by atoms with E-state index in [4.69, 9.17) is 0 Å². The summed E-state index contributed by atoms with van der Waals surface area (Å²) in [5, 5.41) is 0. The normalized spacial score (nSPS) is 11.7. The summed E-state index contributed by atoms with van der Waals surface area (Å²) in [5.74, 6) is 0. The van der Waals surface area contributed by atoms with Gasteiger partial charge in [-0.25, -0.2) is 0 Å². The van der Waals surface area contributed by atoms with Crippen LogP contribution in [0.1, 0.15) is 11.1 Å². The summed E-state index contributed by atoms with van der Waals surface area (Å²) >= 11 is 0. The average molecular weight is 395 g/mol. The van der Waals surface area contributed by atoms with E-state index in [0.29, 0.717) is 0 Å². The molecule has 0 bridgehead atoms. The van der Waals surface area contributed by atoms with Crippen LogP contribution in [0.5, 0.6) is 0 Å². The van der Waals surface area contributed by atoms with Gasteiger partial charge in [0.25, 0.3) is 0 Å². The lowest BCUT2D eigenvalue weighted by molar-refractivity contribution is 1.26. The molecule has 1 aliphatic rings. The van der Waals surface area contributed by atoms with Gasteiger partial charge >= 0.3 is 0 Å². The molecule has 5 aromatic carbocycles. The predicted molar refractivity (Wildman–Crippen MR) is 131 cm³/mol. The molecular formula is C31H22. The van der Waals surface area contributed by atoms with Crippen LogP contribution in [0.3, 0.4) is 0 Å². The Hall–Kier alpha value is -3.90. The van der Waals surface area contributed by atoms with Crippen molar-refractivity contribution in [1.82, 2.24) is 0 Å². The molecule has 0 N–H and O–H groups in total. The Bertz CT molecular complexity index is 1360. The Labute approximate surface area is 183 Å². The van der Waals surface area contributed by atoms with E-state index in [1.54, 1.807) is 0 Å². The van der Waals surface area contributed by atoms with Gasteiger partial charge in [0.15, 0.2) is 0 Å². The Morgan fingerprint density at radius 3 is 1.58 bits per heavy atom. The maximum absolute atomic E-state index is 2.40. The van der Waals surface area contributed by atoms with E-state index in [-0.39, 0.29) is 0 Å². The molecule has 0 radical (unpaired) electrons. The van der Waals surface area contributed by atoms with Crippen LogP contribution in [-0.4, -0.2) is 0 Å². The highest BCUT2D eigenvalue weighted by Gasteiger charge is 2.25. The van der Waals surface area contributed by atoms with Crippen LogP contribution in [0, 0.1) is 0 Å². The van der Waals surface area contributed by atoms with Crippen LogP contribution in [0.4, 0.5) is 0 Å². The summed E-state index contributed by atoms with van der Waals surface area (Å²) < 4.78 is 0. The summed E-state index contributed by atoms with van der Waals surface area (Å²) in [6.07, 6.45) is 0.977. The van der Waals surface area contributed by atoms with E-state index >= 15 is 0 Å². The van der Waals surface area contributed by atoms with Crippen molar-refractivity contribution >= 4 is 0 Å². The number of fused-ring (bicyclic) bond motifs is 3. The molecule has 31 heavy (non-hydrogen) atoms. The van der Waals surface area contributed by atoms with Gasteiger partial charge in [-0.2, -0.15) is 0 Å². The minimum Gasteiger partial charge on any atom is -0.0622 e. The van der Waals surface area contributed by atoms with Gasteiger partial charge in [-0.3, -0.25) is 0 Å². The molecule has 0 unspecified atom stereocenters. The Morgan fingerprint density at radius 2 is 0.935 bits per heavy atom. The number of benzene rings is 5. The SMILES string of the molecule is c1ccc(-c2cc(-c3ccccc3)c3c(c2)-c2c(cccc2-c2ccccc2)C3)cc1. The number of hydrogen-bond donors (Lipinski definition) is 0. The third kappa shape index (κ3) is 3.08. The lowest BCUT2D eigenvalue weighted by Crippen LogP contribution is -1.91. The molecular weight excluding hydrogens is 372 g/mol. The van der Waals surface area contributed by atoms with Crippen molar-refractivity contribution in [3.8, 4) is 44.5 Å². The maximum atomic E-state index is 2.40. The van der Waals surface area contributed by atoms with E-state index in [9.17, 15) is 0 Å². The summed E-state index contributed by atoms with van der Waals surface area (Å²) in [6.45, 7) is 0. The minimum absolute atomic E-state index is 0.977. The van der Waals surface area contributed by atoms with Crippen LogP contribution >= 0.6 is 0 Å². The van der Waals surface area contributed by atoms with Crippen LogP contribution in [0.15, 0.2) is 121 Å². The van der Waals surface area contributed by atoms with Gasteiger partial charge in [-0.05, 0) is 74.2 Å². The highest BCUT2D eigenvalue weighted by Crippen LogP contribution is 2.47. The second-order valence-corrected chi connectivity index (χ2v) is 8.16. The van der Waals surface area contributed by atoms with Crippen molar-refractivity contribution in [1.29, 1.82) is 0 Å². The molecule has 0 aliphatic heterocycles. The molecule has 0 aromatic heterocycles. The fraction of sp³-hybridized carbons (Fsp3) is 0.0323. The second kappa shape index (κ2) is 7.41. The molecule has 0 saturated heterocycles. The molecule has 0 heteroatoms. The summed E-state index contributed by atoms with van der Waals surface area (Å²) in [7, 11) is 0. The molecule has 0 heterocycles. The van der Waals surface area contributed by atoms with Gasteiger partial charge in [0.1, 0.15) is 0 Å². The van der Waals surface area contributed by atoms with Gasteiger partial charge in [0.2, 0.25) is 0 Å². The number of rotatable bonds is 3. The molecule has 0 fully saturated rings. The van der Waals surface area contributed by atoms with E-state index in [2.05, 4.69) is 121 Å². The molecule has 0 nitrogen and oxygen atoms in total. The molecule has 0 amide bonds. The van der Waals surface area contributed by atoms with E-state index < -0.39 is 0 Å². The van der Waals surface area contributed by atoms with E-state index in [1.807, 2.05) is 0 Å². The maximum Gasteiger partial charge on any atom is -0.000705 e. The van der Waals surface area contributed by atoms with Gasteiger partial charge < -0.3 is 0 Å². The van der Waals surface area contributed by atoms with E-state index in [0.717, 1.165) is 6.42 Å². The largest absolute Gasteiger partial charge is 0.0622 e. The topological polar surface area (TPSA) is 0 Å². The smallest absolute Gasteiger partial charge is 0.000705 e. The standard InChI is InChI=1S/C31H22/c1-4-11-22(12-5-1)26-20-28(24-15-8-3-9-16-24)29-19-25-17-10-18-27(31(25)30(29)21-26)23-13-6-2-7-14-23/h1-18,20-21H,19H2. The molecule has 146 valence electrons. The monoisotopic (exact) mass is 394 g/mol. The summed E-state index contributed by atoms with van der Waals surface area (Å²) in [6, 6.07) is 43.8. The molecule has 0 atom stereocenters. The Balaban J connectivity index is 1.65.